The number of rotatable bonds is 2. The van der Waals surface area contributed by atoms with Crippen molar-refractivity contribution in [1.82, 2.24) is 0 Å². The van der Waals surface area contributed by atoms with E-state index in [2.05, 4.69) is 0 Å². The van der Waals surface area contributed by atoms with Gasteiger partial charge in [-0.25, -0.2) is 8.42 Å². The first kappa shape index (κ1) is 17.1. The van der Waals surface area contributed by atoms with E-state index < -0.39 is 31.7 Å². The van der Waals surface area contributed by atoms with Crippen LogP contribution in [0.4, 0.5) is 18.9 Å². The first-order chi connectivity index (χ1) is 11.1. The normalized spacial score (nSPS) is 17.9. The maximum atomic E-state index is 13.0. The topological polar surface area (TPSA) is 37.4 Å². The van der Waals surface area contributed by atoms with E-state index in [1.165, 1.54) is 4.31 Å². The smallest absolute Gasteiger partial charge is 0.263 e. The number of para-hydroxylation sites is 1. The van der Waals surface area contributed by atoms with Gasteiger partial charge in [-0.3, -0.25) is 4.31 Å². The lowest BCUT2D eigenvalue weighted by Crippen LogP contribution is -2.35. The zero-order valence-corrected chi connectivity index (χ0v) is 14.1. The van der Waals surface area contributed by atoms with Crippen LogP contribution in [0.2, 0.25) is 5.02 Å². The van der Waals surface area contributed by atoms with Crippen molar-refractivity contribution in [3.05, 3.63) is 58.6 Å². The SMILES string of the molecule is C[C@@H]1Cc2ccccc2N1S(=O)(=O)c1ccc(Cl)c(C(F)(F)F)c1. The van der Waals surface area contributed by atoms with Gasteiger partial charge in [0.05, 0.1) is 21.2 Å². The summed E-state index contributed by atoms with van der Waals surface area (Å²) in [5.74, 6) is 0. The highest BCUT2D eigenvalue weighted by Crippen LogP contribution is 2.39. The average Bonchev–Trinajstić information content (AvgIpc) is 2.82. The van der Waals surface area contributed by atoms with Gasteiger partial charge in [0.15, 0.2) is 0 Å². The van der Waals surface area contributed by atoms with E-state index in [1.54, 1.807) is 25.1 Å². The Labute approximate surface area is 142 Å². The van der Waals surface area contributed by atoms with Crippen LogP contribution in [0.15, 0.2) is 47.4 Å². The van der Waals surface area contributed by atoms with E-state index in [9.17, 15) is 21.6 Å². The molecule has 3 nitrogen and oxygen atoms in total. The van der Waals surface area contributed by atoms with E-state index in [4.69, 9.17) is 11.6 Å². The predicted molar refractivity (Wildman–Crippen MR) is 85.7 cm³/mol. The number of sulfonamides is 1. The molecule has 8 heteroatoms. The van der Waals surface area contributed by atoms with Crippen LogP contribution in [0.3, 0.4) is 0 Å². The second kappa shape index (κ2) is 5.67. The molecule has 0 saturated heterocycles. The summed E-state index contributed by atoms with van der Waals surface area (Å²) >= 11 is 5.57. The van der Waals surface area contributed by atoms with Crippen LogP contribution >= 0.6 is 11.6 Å². The highest BCUT2D eigenvalue weighted by molar-refractivity contribution is 7.92. The molecular formula is C16H13ClF3NO2S. The van der Waals surface area contributed by atoms with Gasteiger partial charge in [-0.1, -0.05) is 29.8 Å². The summed E-state index contributed by atoms with van der Waals surface area (Å²) in [6.45, 7) is 1.72. The quantitative estimate of drug-likeness (QED) is 0.775. The molecule has 0 aromatic heterocycles. The maximum Gasteiger partial charge on any atom is 0.417 e. The van der Waals surface area contributed by atoms with Crippen LogP contribution in [0.1, 0.15) is 18.1 Å². The Morgan fingerprint density at radius 3 is 2.50 bits per heavy atom. The van der Waals surface area contributed by atoms with Crippen molar-refractivity contribution in [3.8, 4) is 0 Å². The van der Waals surface area contributed by atoms with Crippen LogP contribution in [-0.4, -0.2) is 14.5 Å². The number of hydrogen-bond acceptors (Lipinski definition) is 2. The molecule has 1 aliphatic rings. The van der Waals surface area contributed by atoms with Crippen molar-refractivity contribution in [1.29, 1.82) is 0 Å². The second-order valence-electron chi connectivity index (χ2n) is 5.62. The summed E-state index contributed by atoms with van der Waals surface area (Å²) in [5.41, 5.74) is 0.178. The van der Waals surface area contributed by atoms with Crippen molar-refractivity contribution < 1.29 is 21.6 Å². The highest BCUT2D eigenvalue weighted by atomic mass is 35.5. The van der Waals surface area contributed by atoms with Crippen molar-refractivity contribution in [3.63, 3.8) is 0 Å². The maximum absolute atomic E-state index is 13.0. The minimum atomic E-state index is -4.73. The molecule has 1 heterocycles. The van der Waals surface area contributed by atoms with Crippen molar-refractivity contribution in [2.75, 3.05) is 4.31 Å². The first-order valence-corrected chi connectivity index (χ1v) is 8.93. The third-order valence-corrected chi connectivity index (χ3v) is 6.20. The molecule has 1 atom stereocenters. The third-order valence-electron chi connectivity index (χ3n) is 3.94. The van der Waals surface area contributed by atoms with E-state index in [-0.39, 0.29) is 6.04 Å². The van der Waals surface area contributed by atoms with Gasteiger partial charge in [0.1, 0.15) is 0 Å². The Morgan fingerprint density at radius 1 is 1.17 bits per heavy atom. The summed E-state index contributed by atoms with van der Waals surface area (Å²) in [7, 11) is -4.13. The largest absolute Gasteiger partial charge is 0.417 e. The first-order valence-electron chi connectivity index (χ1n) is 7.11. The van der Waals surface area contributed by atoms with Gasteiger partial charge in [0.2, 0.25) is 0 Å². The minimum absolute atomic E-state index is 0.377. The van der Waals surface area contributed by atoms with Crippen LogP contribution in [-0.2, 0) is 22.6 Å². The summed E-state index contributed by atoms with van der Waals surface area (Å²) in [4.78, 5) is -0.428. The Kier molecular flexibility index (Phi) is 4.04. The Balaban J connectivity index is 2.13. The number of benzene rings is 2. The van der Waals surface area contributed by atoms with E-state index >= 15 is 0 Å². The molecule has 1 aliphatic heterocycles. The number of alkyl halides is 3. The summed E-state index contributed by atoms with van der Waals surface area (Å²) in [5, 5.41) is -0.531. The van der Waals surface area contributed by atoms with Gasteiger partial charge in [0.25, 0.3) is 10.0 Å². The van der Waals surface area contributed by atoms with Crippen molar-refractivity contribution in [2.45, 2.75) is 30.5 Å². The van der Waals surface area contributed by atoms with Crippen molar-refractivity contribution >= 4 is 27.3 Å². The molecule has 2 aromatic rings. The fraction of sp³-hybridized carbons (Fsp3) is 0.250. The highest BCUT2D eigenvalue weighted by Gasteiger charge is 2.38. The Morgan fingerprint density at radius 2 is 1.83 bits per heavy atom. The molecule has 0 unspecified atom stereocenters. The Hall–Kier alpha value is -1.73. The molecule has 0 aliphatic carbocycles. The van der Waals surface area contributed by atoms with Gasteiger partial charge in [0, 0.05) is 6.04 Å². The number of fused-ring (bicyclic) bond motifs is 1. The number of anilines is 1. The molecule has 0 amide bonds. The number of nitrogens with zero attached hydrogens (tertiary/aromatic N) is 1. The summed E-state index contributed by atoms with van der Waals surface area (Å²) < 4.78 is 66.1. The lowest BCUT2D eigenvalue weighted by atomic mass is 10.1. The van der Waals surface area contributed by atoms with Crippen molar-refractivity contribution in [2.24, 2.45) is 0 Å². The second-order valence-corrected chi connectivity index (χ2v) is 7.84. The molecule has 0 fully saturated rings. The molecule has 2 aromatic carbocycles. The average molecular weight is 376 g/mol. The monoisotopic (exact) mass is 375 g/mol. The molecular weight excluding hydrogens is 363 g/mol. The van der Waals surface area contributed by atoms with Gasteiger partial charge >= 0.3 is 6.18 Å². The molecule has 0 spiro atoms. The standard InChI is InChI=1S/C16H13ClF3NO2S/c1-10-8-11-4-2-3-5-15(11)21(10)24(22,23)12-6-7-14(17)13(9-12)16(18,19)20/h2-7,9-10H,8H2,1H3/t10-/m1/s1. The number of halogens is 4. The molecule has 24 heavy (non-hydrogen) atoms. The summed E-state index contributed by atoms with van der Waals surface area (Å²) in [6.07, 6.45) is -4.22. The zero-order chi connectivity index (χ0) is 17.7. The number of hydrogen-bond donors (Lipinski definition) is 0. The fourth-order valence-corrected chi connectivity index (χ4v) is 4.84. The zero-order valence-electron chi connectivity index (χ0n) is 12.5. The molecule has 0 N–H and O–H groups in total. The summed E-state index contributed by atoms with van der Waals surface area (Å²) in [6, 6.07) is 9.23. The lowest BCUT2D eigenvalue weighted by Gasteiger charge is -2.25. The Bertz CT molecular complexity index is 896. The van der Waals surface area contributed by atoms with Gasteiger partial charge in [-0.2, -0.15) is 13.2 Å². The lowest BCUT2D eigenvalue weighted by molar-refractivity contribution is -0.137. The molecule has 0 saturated carbocycles. The molecule has 3 rings (SSSR count). The van der Waals surface area contributed by atoms with Crippen LogP contribution in [0.5, 0.6) is 0 Å². The van der Waals surface area contributed by atoms with Gasteiger partial charge in [-0.05, 0) is 43.2 Å². The van der Waals surface area contributed by atoms with Crippen LogP contribution < -0.4 is 4.31 Å². The molecule has 128 valence electrons. The van der Waals surface area contributed by atoms with Gasteiger partial charge in [-0.15, -0.1) is 0 Å². The minimum Gasteiger partial charge on any atom is -0.263 e. The van der Waals surface area contributed by atoms with Gasteiger partial charge < -0.3 is 0 Å². The third kappa shape index (κ3) is 2.75. The van der Waals surface area contributed by atoms with E-state index in [0.717, 1.165) is 17.7 Å². The molecule has 0 bridgehead atoms. The fourth-order valence-electron chi connectivity index (χ4n) is 2.90. The van der Waals surface area contributed by atoms with E-state index in [1.807, 2.05) is 6.07 Å². The molecule has 0 radical (unpaired) electrons. The predicted octanol–water partition coefficient (Wildman–Crippen LogP) is 4.50. The van der Waals surface area contributed by atoms with Crippen LogP contribution in [0.25, 0.3) is 0 Å². The van der Waals surface area contributed by atoms with E-state index in [0.29, 0.717) is 18.2 Å². The van der Waals surface area contributed by atoms with Crippen LogP contribution in [0, 0.1) is 0 Å².